The number of hydrogen-bond donors (Lipinski definition) is 2. The number of aryl methyl sites for hydroxylation is 1. The Balaban J connectivity index is 2.96. The van der Waals surface area contributed by atoms with E-state index in [-0.39, 0.29) is 10.6 Å². The van der Waals surface area contributed by atoms with Crippen molar-refractivity contribution in [1.29, 1.82) is 0 Å². The summed E-state index contributed by atoms with van der Waals surface area (Å²) in [5.74, 6) is -1.11. The fraction of sp³-hybridized carbons (Fsp3) is 0.500. The van der Waals surface area contributed by atoms with Crippen molar-refractivity contribution < 1.29 is 13.2 Å². The zero-order valence-electron chi connectivity index (χ0n) is 12.4. The number of nitrogen functional groups attached to an aromatic ring is 1. The minimum Gasteiger partial charge on any atom is -0.398 e. The Morgan fingerprint density at radius 3 is 2.50 bits per heavy atom. The standard InChI is InChI=1S/C14H22N2O3S/c1-5-14(3,4)16-13(17)9-20(18,19)12-8-10(2)6-7-11(12)15/h6-8H,5,9,15H2,1-4H3,(H,16,17). The Labute approximate surface area is 120 Å². The van der Waals surface area contributed by atoms with E-state index in [1.54, 1.807) is 13.0 Å². The van der Waals surface area contributed by atoms with E-state index >= 15 is 0 Å². The van der Waals surface area contributed by atoms with Gasteiger partial charge in [-0.25, -0.2) is 8.42 Å². The second-order valence-electron chi connectivity index (χ2n) is 5.59. The topological polar surface area (TPSA) is 89.3 Å². The van der Waals surface area contributed by atoms with E-state index in [9.17, 15) is 13.2 Å². The molecule has 112 valence electrons. The Morgan fingerprint density at radius 1 is 1.35 bits per heavy atom. The van der Waals surface area contributed by atoms with Crippen LogP contribution in [0.25, 0.3) is 0 Å². The van der Waals surface area contributed by atoms with Crippen molar-refractivity contribution in [3.63, 3.8) is 0 Å². The van der Waals surface area contributed by atoms with Crippen LogP contribution in [-0.4, -0.2) is 25.6 Å². The number of hydrogen-bond acceptors (Lipinski definition) is 4. The molecule has 0 aromatic heterocycles. The van der Waals surface area contributed by atoms with E-state index in [4.69, 9.17) is 5.73 Å². The molecular formula is C14H22N2O3S. The van der Waals surface area contributed by atoms with Crippen molar-refractivity contribution >= 4 is 21.4 Å². The zero-order valence-corrected chi connectivity index (χ0v) is 13.2. The summed E-state index contributed by atoms with van der Waals surface area (Å²) in [6.45, 7) is 7.39. The Hall–Kier alpha value is -1.56. The molecule has 0 radical (unpaired) electrons. The van der Waals surface area contributed by atoms with E-state index < -0.39 is 27.0 Å². The molecule has 3 N–H and O–H groups in total. The molecule has 20 heavy (non-hydrogen) atoms. The maximum atomic E-state index is 12.2. The highest BCUT2D eigenvalue weighted by Gasteiger charge is 2.25. The molecule has 0 aliphatic heterocycles. The fourth-order valence-corrected chi connectivity index (χ4v) is 3.03. The molecule has 0 atom stereocenters. The highest BCUT2D eigenvalue weighted by Crippen LogP contribution is 2.21. The third-order valence-corrected chi connectivity index (χ3v) is 4.85. The van der Waals surface area contributed by atoms with E-state index in [1.165, 1.54) is 12.1 Å². The Morgan fingerprint density at radius 2 is 1.95 bits per heavy atom. The molecule has 0 aliphatic rings. The molecule has 0 aliphatic carbocycles. The lowest BCUT2D eigenvalue weighted by molar-refractivity contribution is -0.120. The Kier molecular flexibility index (Phi) is 4.81. The van der Waals surface area contributed by atoms with Crippen LogP contribution in [0.15, 0.2) is 23.1 Å². The van der Waals surface area contributed by atoms with Crippen LogP contribution in [0.1, 0.15) is 32.8 Å². The summed E-state index contributed by atoms with van der Waals surface area (Å²) in [6.07, 6.45) is 0.714. The molecule has 1 amide bonds. The first-order chi connectivity index (χ1) is 9.07. The summed E-state index contributed by atoms with van der Waals surface area (Å²) >= 11 is 0. The monoisotopic (exact) mass is 298 g/mol. The molecule has 1 aromatic rings. The lowest BCUT2D eigenvalue weighted by Crippen LogP contribution is -2.45. The quantitative estimate of drug-likeness (QED) is 0.809. The predicted octanol–water partition coefficient (Wildman–Crippen LogP) is 1.66. The van der Waals surface area contributed by atoms with Crippen molar-refractivity contribution in [3.05, 3.63) is 23.8 Å². The first kappa shape index (κ1) is 16.5. The maximum absolute atomic E-state index is 12.2. The molecule has 0 unspecified atom stereocenters. The molecule has 0 saturated carbocycles. The van der Waals surface area contributed by atoms with Crippen molar-refractivity contribution in [2.24, 2.45) is 0 Å². The molecule has 0 saturated heterocycles. The van der Waals surface area contributed by atoms with E-state index in [0.29, 0.717) is 6.42 Å². The number of nitrogens with two attached hydrogens (primary N) is 1. The number of nitrogens with one attached hydrogen (secondary N) is 1. The van der Waals surface area contributed by atoms with Gasteiger partial charge in [-0.3, -0.25) is 4.79 Å². The zero-order chi connectivity index (χ0) is 15.6. The number of amides is 1. The fourth-order valence-electron chi connectivity index (χ4n) is 1.66. The Bertz CT molecular complexity index is 607. The number of carbonyl (C=O) groups is 1. The SMILES string of the molecule is CCC(C)(C)NC(=O)CS(=O)(=O)c1cc(C)ccc1N. The van der Waals surface area contributed by atoms with E-state index in [1.807, 2.05) is 20.8 Å². The van der Waals surface area contributed by atoms with Crippen LogP contribution < -0.4 is 11.1 Å². The smallest absolute Gasteiger partial charge is 0.235 e. The third-order valence-electron chi connectivity index (χ3n) is 3.19. The average Bonchev–Trinajstić information content (AvgIpc) is 2.30. The van der Waals surface area contributed by atoms with Gasteiger partial charge in [0.2, 0.25) is 5.91 Å². The highest BCUT2D eigenvalue weighted by molar-refractivity contribution is 7.92. The summed E-state index contributed by atoms with van der Waals surface area (Å²) in [6, 6.07) is 4.76. The molecule has 0 bridgehead atoms. The van der Waals surface area contributed by atoms with Gasteiger partial charge in [-0.05, 0) is 44.9 Å². The minimum absolute atomic E-state index is 0.0157. The van der Waals surface area contributed by atoms with E-state index in [2.05, 4.69) is 5.32 Å². The molecule has 0 heterocycles. The van der Waals surface area contributed by atoms with Crippen molar-refractivity contribution in [1.82, 2.24) is 5.32 Å². The van der Waals surface area contributed by atoms with Crippen LogP contribution in [0.5, 0.6) is 0 Å². The summed E-state index contributed by atoms with van der Waals surface area (Å²) in [7, 11) is -3.73. The van der Waals surface area contributed by atoms with Crippen LogP contribution in [0, 0.1) is 6.92 Å². The molecule has 0 spiro atoms. The average molecular weight is 298 g/mol. The van der Waals surface area contributed by atoms with Crippen molar-refractivity contribution in [3.8, 4) is 0 Å². The largest absolute Gasteiger partial charge is 0.398 e. The summed E-state index contributed by atoms with van der Waals surface area (Å²) < 4.78 is 24.5. The van der Waals surface area contributed by atoms with Gasteiger partial charge in [0.05, 0.1) is 10.6 Å². The number of sulfone groups is 1. The molecule has 6 heteroatoms. The van der Waals surface area contributed by atoms with Gasteiger partial charge < -0.3 is 11.1 Å². The first-order valence-electron chi connectivity index (χ1n) is 6.47. The van der Waals surface area contributed by atoms with Gasteiger partial charge in [-0.2, -0.15) is 0 Å². The molecule has 5 nitrogen and oxygen atoms in total. The van der Waals surface area contributed by atoms with Gasteiger partial charge in [0.1, 0.15) is 5.75 Å². The summed E-state index contributed by atoms with van der Waals surface area (Å²) in [5.41, 5.74) is 6.22. The number of rotatable bonds is 5. The van der Waals surface area contributed by atoms with Crippen LogP contribution in [0.3, 0.4) is 0 Å². The highest BCUT2D eigenvalue weighted by atomic mass is 32.2. The van der Waals surface area contributed by atoms with Crippen molar-refractivity contribution in [2.75, 3.05) is 11.5 Å². The lowest BCUT2D eigenvalue weighted by Gasteiger charge is -2.24. The van der Waals surface area contributed by atoms with Gasteiger partial charge in [-0.15, -0.1) is 0 Å². The van der Waals surface area contributed by atoms with E-state index in [0.717, 1.165) is 5.56 Å². The van der Waals surface area contributed by atoms with Crippen LogP contribution in [0.4, 0.5) is 5.69 Å². The van der Waals surface area contributed by atoms with Crippen molar-refractivity contribution in [2.45, 2.75) is 44.6 Å². The minimum atomic E-state index is -3.73. The third kappa shape index (κ3) is 4.23. The van der Waals surface area contributed by atoms with Crippen LogP contribution >= 0.6 is 0 Å². The van der Waals surface area contributed by atoms with Gasteiger partial charge >= 0.3 is 0 Å². The molecule has 0 fully saturated rings. The molecular weight excluding hydrogens is 276 g/mol. The second-order valence-corrected chi connectivity index (χ2v) is 7.54. The number of anilines is 1. The molecule has 1 rings (SSSR count). The first-order valence-corrected chi connectivity index (χ1v) is 8.12. The van der Waals surface area contributed by atoms with Gasteiger partial charge in [0.15, 0.2) is 9.84 Å². The van der Waals surface area contributed by atoms with Gasteiger partial charge in [0.25, 0.3) is 0 Å². The van der Waals surface area contributed by atoms with Gasteiger partial charge in [-0.1, -0.05) is 13.0 Å². The van der Waals surface area contributed by atoms with Crippen LogP contribution in [-0.2, 0) is 14.6 Å². The number of carbonyl (C=O) groups excluding carboxylic acids is 1. The predicted molar refractivity (Wildman–Crippen MR) is 80.2 cm³/mol. The lowest BCUT2D eigenvalue weighted by atomic mass is 10.0. The van der Waals surface area contributed by atoms with Gasteiger partial charge in [0, 0.05) is 5.54 Å². The van der Waals surface area contributed by atoms with Crippen LogP contribution in [0.2, 0.25) is 0 Å². The molecule has 1 aromatic carbocycles. The summed E-state index contributed by atoms with van der Waals surface area (Å²) in [5, 5.41) is 2.71. The normalized spacial score (nSPS) is 12.2. The second kappa shape index (κ2) is 5.83. The maximum Gasteiger partial charge on any atom is 0.235 e. The summed E-state index contributed by atoms with van der Waals surface area (Å²) in [4.78, 5) is 11.9. The number of benzene rings is 1.